The number of hydrogen-bond acceptors (Lipinski definition) is 19. The van der Waals surface area contributed by atoms with E-state index in [0.29, 0.717) is 11.1 Å². The molecule has 2 aromatic rings. The minimum atomic E-state index is -1.82. The SMILES string of the molecule is C[C@@H]1O[C@@H](O[C@@H]2[C@@H](O)[C@H](OCCc3ccc(O)c(O)c3)O[C@H](CO)[C@H]2OC(=O)C=Cc2ccc(O)c(O)c2)[C@H](O[C@@H]2OC[C@@H](O)[C@H](O)[C@H]2O)[C@H](O)[C@H]1O. The molecule has 5 rings (SSSR count). The molecule has 3 heterocycles. The fraction of sp³-hybridized carbons (Fsp3) is 0.559. The maximum absolute atomic E-state index is 13.1. The number of aromatic hydroxyl groups is 4. The Balaban J connectivity index is 1.39. The Morgan fingerprint density at radius 1 is 0.755 bits per heavy atom. The van der Waals surface area contributed by atoms with Crippen molar-refractivity contribution in [2.75, 3.05) is 19.8 Å². The summed E-state index contributed by atoms with van der Waals surface area (Å²) < 4.78 is 40.1. The van der Waals surface area contributed by atoms with Crippen LogP contribution >= 0.6 is 0 Å². The summed E-state index contributed by atoms with van der Waals surface area (Å²) in [5.74, 6) is -2.58. The summed E-state index contributed by atoms with van der Waals surface area (Å²) in [7, 11) is 0. The van der Waals surface area contributed by atoms with E-state index in [1.165, 1.54) is 49.4 Å². The lowest BCUT2D eigenvalue weighted by Crippen LogP contribution is -2.66. The van der Waals surface area contributed by atoms with Gasteiger partial charge < -0.3 is 89.3 Å². The van der Waals surface area contributed by atoms with E-state index in [0.717, 1.165) is 6.08 Å². The van der Waals surface area contributed by atoms with E-state index in [1.54, 1.807) is 0 Å². The van der Waals surface area contributed by atoms with Gasteiger partial charge in [-0.25, -0.2) is 4.79 Å². The van der Waals surface area contributed by atoms with Gasteiger partial charge in [0.05, 0.1) is 25.9 Å². The second kappa shape index (κ2) is 17.6. The van der Waals surface area contributed by atoms with Gasteiger partial charge in [-0.2, -0.15) is 0 Å². The van der Waals surface area contributed by atoms with Crippen LogP contribution in [0.1, 0.15) is 18.1 Å². The fourth-order valence-corrected chi connectivity index (χ4v) is 5.94. The van der Waals surface area contributed by atoms with Crippen LogP contribution in [-0.4, -0.2) is 168 Å². The van der Waals surface area contributed by atoms with Gasteiger partial charge in [0.2, 0.25) is 0 Å². The molecule has 0 bridgehead atoms. The highest BCUT2D eigenvalue weighted by atomic mass is 16.8. The van der Waals surface area contributed by atoms with Crippen LogP contribution in [0.4, 0.5) is 0 Å². The third-order valence-corrected chi connectivity index (χ3v) is 8.99. The summed E-state index contributed by atoms with van der Waals surface area (Å²) in [4.78, 5) is 13.1. The number of aliphatic hydroxyl groups is 7. The Morgan fingerprint density at radius 3 is 2.11 bits per heavy atom. The number of benzene rings is 2. The van der Waals surface area contributed by atoms with Crippen LogP contribution in [0.15, 0.2) is 42.5 Å². The number of hydrogen-bond donors (Lipinski definition) is 11. The van der Waals surface area contributed by atoms with Crippen LogP contribution in [-0.2, 0) is 44.4 Å². The molecular formula is C34H44O19. The molecule has 3 fully saturated rings. The summed E-state index contributed by atoms with van der Waals surface area (Å²) in [6.07, 6.45) is -20.3. The van der Waals surface area contributed by atoms with Crippen molar-refractivity contribution >= 4 is 12.0 Å². The third-order valence-electron chi connectivity index (χ3n) is 8.99. The lowest BCUT2D eigenvalue weighted by Gasteiger charge is -2.48. The van der Waals surface area contributed by atoms with Gasteiger partial charge in [-0.05, 0) is 54.8 Å². The molecule has 0 amide bonds. The molecule has 11 N–H and O–H groups in total. The summed E-state index contributed by atoms with van der Waals surface area (Å²) in [6, 6.07) is 7.85. The Kier molecular flexibility index (Phi) is 13.5. The zero-order valence-corrected chi connectivity index (χ0v) is 28.2. The Hall–Kier alpha value is -3.67. The molecule has 3 aliphatic rings. The molecule has 19 nitrogen and oxygen atoms in total. The predicted molar refractivity (Wildman–Crippen MR) is 174 cm³/mol. The number of esters is 1. The largest absolute Gasteiger partial charge is 0.504 e. The van der Waals surface area contributed by atoms with E-state index in [1.807, 2.05) is 0 Å². The monoisotopic (exact) mass is 756 g/mol. The van der Waals surface area contributed by atoms with Crippen molar-refractivity contribution in [2.45, 2.75) is 99.4 Å². The predicted octanol–water partition coefficient (Wildman–Crippen LogP) is -2.55. The summed E-state index contributed by atoms with van der Waals surface area (Å²) >= 11 is 0. The number of rotatable bonds is 12. The number of carbonyl (C=O) groups is 1. The molecule has 0 aliphatic carbocycles. The number of ether oxygens (including phenoxy) is 7. The first kappa shape index (κ1) is 40.5. The van der Waals surface area contributed by atoms with Crippen molar-refractivity contribution < 1.29 is 94.1 Å². The second-order valence-electron chi connectivity index (χ2n) is 12.8. The van der Waals surface area contributed by atoms with E-state index in [2.05, 4.69) is 0 Å². The zero-order chi connectivity index (χ0) is 38.6. The molecule has 19 heteroatoms. The minimum absolute atomic E-state index is 0.137. The second-order valence-corrected chi connectivity index (χ2v) is 12.8. The van der Waals surface area contributed by atoms with Crippen LogP contribution in [0, 0.1) is 0 Å². The van der Waals surface area contributed by atoms with Gasteiger partial charge in [-0.3, -0.25) is 0 Å². The molecule has 0 saturated carbocycles. The van der Waals surface area contributed by atoms with Gasteiger partial charge in [0.25, 0.3) is 0 Å². The van der Waals surface area contributed by atoms with Gasteiger partial charge in [0.15, 0.2) is 48.0 Å². The van der Waals surface area contributed by atoms with Crippen molar-refractivity contribution in [1.82, 2.24) is 0 Å². The lowest BCUT2D eigenvalue weighted by atomic mass is 9.96. The van der Waals surface area contributed by atoms with Gasteiger partial charge in [-0.15, -0.1) is 0 Å². The van der Waals surface area contributed by atoms with Crippen LogP contribution in [0.2, 0.25) is 0 Å². The maximum Gasteiger partial charge on any atom is 0.331 e. The van der Waals surface area contributed by atoms with Crippen molar-refractivity contribution in [3.8, 4) is 23.0 Å². The molecule has 0 spiro atoms. The molecule has 294 valence electrons. The standard InChI is InChI=1S/C34H44O19/c1-14-24(42)26(44)31(53-32-27(45)25(43)21(40)13-48-32)34(49-14)52-30-28(46)33(47-9-8-16-3-6-18(37)20(39)11-16)50-22(12-35)29(30)51-23(41)7-4-15-2-5-17(36)19(38)10-15/h2-7,10-11,14,21-22,24-40,42-46H,8-9,12-13H2,1H3/t14-,21+,22+,24-,25-,26+,27+,28+,29+,30+,31+,32-,33+,34-/m0/s1. The van der Waals surface area contributed by atoms with Crippen LogP contribution < -0.4 is 0 Å². The average molecular weight is 757 g/mol. The number of phenolic OH excluding ortho intramolecular Hbond substituents is 4. The molecule has 3 saturated heterocycles. The van der Waals surface area contributed by atoms with E-state index < -0.39 is 111 Å². The molecular weight excluding hydrogens is 712 g/mol. The van der Waals surface area contributed by atoms with Crippen LogP contribution in [0.5, 0.6) is 23.0 Å². The topological polar surface area (TPSA) is 304 Å². The van der Waals surface area contributed by atoms with Crippen molar-refractivity contribution in [3.63, 3.8) is 0 Å². The Bertz CT molecular complexity index is 1560. The van der Waals surface area contributed by atoms with Crippen LogP contribution in [0.25, 0.3) is 6.08 Å². The first-order valence-corrected chi connectivity index (χ1v) is 16.6. The highest BCUT2D eigenvalue weighted by molar-refractivity contribution is 5.87. The molecule has 0 aromatic heterocycles. The number of phenols is 4. The lowest BCUT2D eigenvalue weighted by molar-refractivity contribution is -0.381. The van der Waals surface area contributed by atoms with Crippen molar-refractivity contribution in [3.05, 3.63) is 53.6 Å². The first-order valence-electron chi connectivity index (χ1n) is 16.6. The third kappa shape index (κ3) is 9.53. The van der Waals surface area contributed by atoms with E-state index in [-0.39, 0.29) is 30.3 Å². The van der Waals surface area contributed by atoms with Crippen LogP contribution in [0.3, 0.4) is 0 Å². The van der Waals surface area contributed by atoms with Crippen molar-refractivity contribution in [2.24, 2.45) is 0 Å². The summed E-state index contributed by atoms with van der Waals surface area (Å²) in [6.45, 7) is -0.0224. The van der Waals surface area contributed by atoms with Gasteiger partial charge in [0.1, 0.15) is 54.9 Å². The molecule has 2 aromatic carbocycles. The molecule has 14 atom stereocenters. The zero-order valence-electron chi connectivity index (χ0n) is 28.2. The van der Waals surface area contributed by atoms with Gasteiger partial charge in [-0.1, -0.05) is 12.1 Å². The smallest absolute Gasteiger partial charge is 0.331 e. The van der Waals surface area contributed by atoms with E-state index >= 15 is 0 Å². The minimum Gasteiger partial charge on any atom is -0.504 e. The van der Waals surface area contributed by atoms with Crippen molar-refractivity contribution in [1.29, 1.82) is 0 Å². The highest BCUT2D eigenvalue weighted by Crippen LogP contribution is 2.34. The molecule has 0 radical (unpaired) electrons. The van der Waals surface area contributed by atoms with E-state index in [9.17, 15) is 61.0 Å². The van der Waals surface area contributed by atoms with Gasteiger partial charge >= 0.3 is 5.97 Å². The molecule has 0 unspecified atom stereocenters. The maximum atomic E-state index is 13.1. The van der Waals surface area contributed by atoms with E-state index in [4.69, 9.17) is 33.2 Å². The molecule has 3 aliphatic heterocycles. The van der Waals surface area contributed by atoms with Gasteiger partial charge in [0, 0.05) is 6.08 Å². The quantitative estimate of drug-likeness (QED) is 0.0603. The average Bonchev–Trinajstić information content (AvgIpc) is 3.13. The number of carbonyl (C=O) groups excluding carboxylic acids is 1. The number of aliphatic hydroxyl groups excluding tert-OH is 7. The fourth-order valence-electron chi connectivity index (χ4n) is 5.94. The Labute approximate surface area is 302 Å². The summed E-state index contributed by atoms with van der Waals surface area (Å²) in [5, 5.41) is 113. The normalized spacial score (nSPS) is 36.4. The summed E-state index contributed by atoms with van der Waals surface area (Å²) in [5.41, 5.74) is 0.834. The highest BCUT2D eigenvalue weighted by Gasteiger charge is 2.54. The molecule has 53 heavy (non-hydrogen) atoms. The Morgan fingerprint density at radius 2 is 1.43 bits per heavy atom. The first-order chi connectivity index (χ1) is 25.2.